The average molecular weight is 321 g/mol. The summed E-state index contributed by atoms with van der Waals surface area (Å²) in [6, 6.07) is 6.92. The highest BCUT2D eigenvalue weighted by Crippen LogP contribution is 2.21. The smallest absolute Gasteiger partial charge is 0.169 e. The van der Waals surface area contributed by atoms with Gasteiger partial charge in [0.25, 0.3) is 0 Å². The molecule has 1 aromatic heterocycles. The number of nitrogen functional groups attached to an aromatic ring is 1. The molecule has 0 bridgehead atoms. The van der Waals surface area contributed by atoms with Crippen LogP contribution >= 0.6 is 15.9 Å². The number of pyridine rings is 1. The Morgan fingerprint density at radius 2 is 2.16 bits per heavy atom. The molecule has 4 nitrogen and oxygen atoms in total. The molecule has 0 fully saturated rings. The van der Waals surface area contributed by atoms with Gasteiger partial charge in [0.1, 0.15) is 5.75 Å². The van der Waals surface area contributed by atoms with Crippen LogP contribution in [0.1, 0.15) is 15.9 Å². The molecule has 0 radical (unpaired) electrons. The molecule has 2 aromatic rings. The van der Waals surface area contributed by atoms with Crippen LogP contribution in [0.15, 0.2) is 41.1 Å². The summed E-state index contributed by atoms with van der Waals surface area (Å²) in [7, 11) is 1.56. The summed E-state index contributed by atoms with van der Waals surface area (Å²) in [5.41, 5.74) is 7.62. The van der Waals surface area contributed by atoms with Gasteiger partial charge in [-0.05, 0) is 39.7 Å². The fourth-order valence-electron chi connectivity index (χ4n) is 1.75. The molecule has 1 heterocycles. The molecule has 5 heteroatoms. The summed E-state index contributed by atoms with van der Waals surface area (Å²) >= 11 is 3.33. The van der Waals surface area contributed by atoms with Gasteiger partial charge in [-0.3, -0.25) is 9.78 Å². The van der Waals surface area contributed by atoms with Crippen LogP contribution in [-0.4, -0.2) is 17.9 Å². The minimum absolute atomic E-state index is 0.0416. The van der Waals surface area contributed by atoms with Crippen LogP contribution in [0.25, 0.3) is 0 Å². The van der Waals surface area contributed by atoms with Crippen molar-refractivity contribution in [3.05, 3.63) is 52.3 Å². The minimum Gasteiger partial charge on any atom is -0.497 e. The van der Waals surface area contributed by atoms with E-state index < -0.39 is 0 Å². The molecule has 0 saturated heterocycles. The van der Waals surface area contributed by atoms with Crippen molar-refractivity contribution in [1.29, 1.82) is 0 Å². The zero-order valence-electron chi connectivity index (χ0n) is 10.4. The number of methoxy groups -OCH3 is 1. The van der Waals surface area contributed by atoms with Crippen molar-refractivity contribution in [2.45, 2.75) is 6.42 Å². The molecule has 0 saturated carbocycles. The number of rotatable bonds is 4. The summed E-state index contributed by atoms with van der Waals surface area (Å²) in [5.74, 6) is 0.596. The Hall–Kier alpha value is -1.88. The van der Waals surface area contributed by atoms with Crippen LogP contribution in [-0.2, 0) is 6.42 Å². The first-order chi connectivity index (χ1) is 9.10. The number of benzene rings is 1. The second-order valence-electron chi connectivity index (χ2n) is 4.06. The number of carbonyl (C=O) groups is 1. The van der Waals surface area contributed by atoms with E-state index in [0.29, 0.717) is 17.0 Å². The highest BCUT2D eigenvalue weighted by atomic mass is 79.9. The van der Waals surface area contributed by atoms with Gasteiger partial charge in [-0.1, -0.05) is 0 Å². The number of Topliss-reactive ketones (excluding diaryl/α,β-unsaturated/α-hetero) is 1. The molecular weight excluding hydrogens is 308 g/mol. The molecule has 0 amide bonds. The van der Waals surface area contributed by atoms with Gasteiger partial charge in [-0.25, -0.2) is 0 Å². The molecule has 98 valence electrons. The lowest BCUT2D eigenvalue weighted by atomic mass is 10.0. The minimum atomic E-state index is -0.0416. The van der Waals surface area contributed by atoms with E-state index in [9.17, 15) is 4.79 Å². The predicted octanol–water partition coefficient (Wildman–Crippen LogP) is 2.86. The number of hydrogen-bond acceptors (Lipinski definition) is 4. The lowest BCUT2D eigenvalue weighted by Gasteiger charge is -2.07. The van der Waals surface area contributed by atoms with Crippen LogP contribution in [0.2, 0.25) is 0 Å². The molecule has 0 aliphatic carbocycles. The SMILES string of the molecule is COc1ccc(C(=O)Cc2cncc(Br)c2)c(N)c1. The largest absolute Gasteiger partial charge is 0.497 e. The average Bonchev–Trinajstić information content (AvgIpc) is 2.38. The molecule has 2 N–H and O–H groups in total. The molecule has 0 aliphatic heterocycles. The monoisotopic (exact) mass is 320 g/mol. The van der Waals surface area contributed by atoms with Crippen LogP contribution in [0.5, 0.6) is 5.75 Å². The van der Waals surface area contributed by atoms with Gasteiger partial charge in [0.15, 0.2) is 5.78 Å². The van der Waals surface area contributed by atoms with Crippen LogP contribution in [0.4, 0.5) is 5.69 Å². The summed E-state index contributed by atoms with van der Waals surface area (Å²) in [5, 5.41) is 0. The van der Waals surface area contributed by atoms with Crippen LogP contribution < -0.4 is 10.5 Å². The third-order valence-electron chi connectivity index (χ3n) is 2.69. The second-order valence-corrected chi connectivity index (χ2v) is 4.98. The molecule has 1 aromatic carbocycles. The zero-order chi connectivity index (χ0) is 13.8. The highest BCUT2D eigenvalue weighted by molar-refractivity contribution is 9.10. The van der Waals surface area contributed by atoms with Crippen molar-refractivity contribution in [1.82, 2.24) is 4.98 Å². The number of hydrogen-bond donors (Lipinski definition) is 1. The van der Waals surface area contributed by atoms with Gasteiger partial charge in [0.05, 0.1) is 7.11 Å². The maximum absolute atomic E-state index is 12.2. The van der Waals surface area contributed by atoms with E-state index in [1.165, 1.54) is 0 Å². The first-order valence-electron chi connectivity index (χ1n) is 5.66. The van der Waals surface area contributed by atoms with E-state index in [4.69, 9.17) is 10.5 Å². The highest BCUT2D eigenvalue weighted by Gasteiger charge is 2.11. The number of ether oxygens (including phenoxy) is 1. The topological polar surface area (TPSA) is 65.2 Å². The number of nitrogens with zero attached hydrogens (tertiary/aromatic N) is 1. The lowest BCUT2D eigenvalue weighted by Crippen LogP contribution is -2.07. The number of ketones is 1. The van der Waals surface area contributed by atoms with Crippen molar-refractivity contribution in [2.75, 3.05) is 12.8 Å². The van der Waals surface area contributed by atoms with E-state index in [0.717, 1.165) is 10.0 Å². The molecule has 2 rings (SSSR count). The van der Waals surface area contributed by atoms with Crippen molar-refractivity contribution < 1.29 is 9.53 Å². The fourth-order valence-corrected chi connectivity index (χ4v) is 2.17. The maximum atomic E-state index is 12.2. The van der Waals surface area contributed by atoms with Crippen molar-refractivity contribution in [2.24, 2.45) is 0 Å². The number of halogens is 1. The zero-order valence-corrected chi connectivity index (χ0v) is 12.0. The van der Waals surface area contributed by atoms with E-state index in [1.54, 1.807) is 37.7 Å². The molecule has 0 aliphatic rings. The molecular formula is C14H13BrN2O2. The molecule has 0 unspecified atom stereocenters. The first kappa shape index (κ1) is 13.5. The summed E-state index contributed by atoms with van der Waals surface area (Å²) in [4.78, 5) is 16.2. The number of carbonyl (C=O) groups excluding carboxylic acids is 1. The molecule has 19 heavy (non-hydrogen) atoms. The van der Waals surface area contributed by atoms with Gasteiger partial charge < -0.3 is 10.5 Å². The van der Waals surface area contributed by atoms with Gasteiger partial charge >= 0.3 is 0 Å². The van der Waals surface area contributed by atoms with Crippen LogP contribution in [0, 0.1) is 0 Å². The standard InChI is InChI=1S/C14H13BrN2O2/c1-19-11-2-3-12(13(16)6-11)14(18)5-9-4-10(15)8-17-7-9/h2-4,6-8H,5,16H2,1H3. The third kappa shape index (κ3) is 3.32. The normalized spacial score (nSPS) is 10.2. The Labute approximate surface area is 119 Å². The summed E-state index contributed by atoms with van der Waals surface area (Å²) in [6.45, 7) is 0. The molecule has 0 atom stereocenters. The van der Waals surface area contributed by atoms with E-state index in [2.05, 4.69) is 20.9 Å². The van der Waals surface area contributed by atoms with Crippen LogP contribution in [0.3, 0.4) is 0 Å². The Morgan fingerprint density at radius 3 is 2.79 bits per heavy atom. The number of aromatic nitrogens is 1. The van der Waals surface area contributed by atoms with Crippen molar-refractivity contribution in [3.63, 3.8) is 0 Å². The lowest BCUT2D eigenvalue weighted by molar-refractivity contribution is 0.0993. The van der Waals surface area contributed by atoms with Crippen molar-refractivity contribution >= 4 is 27.4 Å². The van der Waals surface area contributed by atoms with Gasteiger partial charge in [0.2, 0.25) is 0 Å². The van der Waals surface area contributed by atoms with Gasteiger partial charge in [-0.2, -0.15) is 0 Å². The fraction of sp³-hybridized carbons (Fsp3) is 0.143. The Balaban J connectivity index is 2.20. The summed E-state index contributed by atoms with van der Waals surface area (Å²) in [6.07, 6.45) is 3.61. The van der Waals surface area contributed by atoms with E-state index >= 15 is 0 Å². The third-order valence-corrected chi connectivity index (χ3v) is 3.12. The number of anilines is 1. The van der Waals surface area contributed by atoms with Gasteiger partial charge in [0, 0.05) is 40.6 Å². The Morgan fingerprint density at radius 1 is 1.37 bits per heavy atom. The van der Waals surface area contributed by atoms with Gasteiger partial charge in [-0.15, -0.1) is 0 Å². The Kier molecular flexibility index (Phi) is 4.16. The summed E-state index contributed by atoms with van der Waals surface area (Å²) < 4.78 is 5.90. The first-order valence-corrected chi connectivity index (χ1v) is 6.45. The maximum Gasteiger partial charge on any atom is 0.169 e. The van der Waals surface area contributed by atoms with Crippen molar-refractivity contribution in [3.8, 4) is 5.75 Å². The molecule has 0 spiro atoms. The van der Waals surface area contributed by atoms with E-state index in [1.807, 2.05) is 6.07 Å². The second kappa shape index (κ2) is 5.84. The number of nitrogens with two attached hydrogens (primary N) is 1. The predicted molar refractivity (Wildman–Crippen MR) is 77.4 cm³/mol. The van der Waals surface area contributed by atoms with E-state index in [-0.39, 0.29) is 12.2 Å². The Bertz CT molecular complexity index is 614. The quantitative estimate of drug-likeness (QED) is 0.695.